The maximum Gasteiger partial charge on any atom is 0.148 e. The highest BCUT2D eigenvalue weighted by Crippen LogP contribution is 2.32. The van der Waals surface area contributed by atoms with Gasteiger partial charge in [-0.15, -0.1) is 0 Å². The van der Waals surface area contributed by atoms with Crippen molar-refractivity contribution in [3.05, 3.63) is 0 Å². The van der Waals surface area contributed by atoms with Crippen LogP contribution in [-0.2, 0) is 9.47 Å². The SMILES string of the molecule is CC(C)(C)N1COCO[C@@H]2CCC[C@@H]21. The normalized spacial score (nSPS) is 35.4. The standard InChI is InChI=1S/C11H21NO2/c1-11(2,3)12-7-13-8-14-10-6-4-5-9(10)12/h9-10H,4-8H2,1-3H3/t9-,10+/m0/s1. The molecule has 0 N–H and O–H groups in total. The highest BCUT2D eigenvalue weighted by Gasteiger charge is 2.39. The summed E-state index contributed by atoms with van der Waals surface area (Å²) in [6, 6.07) is 0.567. The lowest BCUT2D eigenvalue weighted by atomic mass is 10.0. The molecular weight excluding hydrogens is 178 g/mol. The Labute approximate surface area is 86.4 Å². The molecule has 3 heteroatoms. The Balaban J connectivity index is 2.13. The molecule has 2 aliphatic rings. The maximum atomic E-state index is 5.69. The van der Waals surface area contributed by atoms with E-state index in [1.54, 1.807) is 0 Å². The third-order valence-electron chi connectivity index (χ3n) is 3.28. The molecule has 82 valence electrons. The predicted molar refractivity (Wildman–Crippen MR) is 54.9 cm³/mol. The van der Waals surface area contributed by atoms with Crippen molar-refractivity contribution in [2.24, 2.45) is 0 Å². The van der Waals surface area contributed by atoms with Crippen molar-refractivity contribution < 1.29 is 9.47 Å². The largest absolute Gasteiger partial charge is 0.350 e. The third-order valence-corrected chi connectivity index (χ3v) is 3.28. The Morgan fingerprint density at radius 1 is 1.21 bits per heavy atom. The zero-order chi connectivity index (χ0) is 10.2. The molecule has 2 rings (SSSR count). The number of rotatable bonds is 0. The second-order valence-electron chi connectivity index (χ2n) is 5.30. The lowest BCUT2D eigenvalue weighted by molar-refractivity contribution is -0.0772. The molecule has 0 aromatic rings. The minimum atomic E-state index is 0.182. The van der Waals surface area contributed by atoms with Gasteiger partial charge in [0.15, 0.2) is 0 Å². The van der Waals surface area contributed by atoms with Gasteiger partial charge in [-0.3, -0.25) is 4.90 Å². The molecule has 3 nitrogen and oxygen atoms in total. The molecule has 0 amide bonds. The molecule has 1 heterocycles. The Hall–Kier alpha value is -0.120. The van der Waals surface area contributed by atoms with E-state index < -0.39 is 0 Å². The van der Waals surface area contributed by atoms with Gasteiger partial charge in [-0.1, -0.05) is 0 Å². The molecule has 1 saturated carbocycles. The molecule has 0 aromatic carbocycles. The van der Waals surface area contributed by atoms with Crippen LogP contribution in [0.4, 0.5) is 0 Å². The van der Waals surface area contributed by atoms with Crippen molar-refractivity contribution in [1.82, 2.24) is 4.90 Å². The average molecular weight is 199 g/mol. The molecule has 1 saturated heterocycles. The lowest BCUT2D eigenvalue weighted by Gasteiger charge is -2.39. The lowest BCUT2D eigenvalue weighted by Crippen LogP contribution is -2.50. The molecule has 2 atom stereocenters. The van der Waals surface area contributed by atoms with E-state index in [1.807, 2.05) is 0 Å². The number of ether oxygens (including phenoxy) is 2. The van der Waals surface area contributed by atoms with E-state index in [2.05, 4.69) is 25.7 Å². The van der Waals surface area contributed by atoms with Gasteiger partial charge >= 0.3 is 0 Å². The van der Waals surface area contributed by atoms with Gasteiger partial charge in [-0.2, -0.15) is 0 Å². The fraction of sp³-hybridized carbons (Fsp3) is 1.00. The van der Waals surface area contributed by atoms with Crippen LogP contribution in [-0.4, -0.2) is 36.1 Å². The van der Waals surface area contributed by atoms with E-state index in [0.717, 1.165) is 0 Å². The molecule has 1 aliphatic heterocycles. The van der Waals surface area contributed by atoms with E-state index in [-0.39, 0.29) is 5.54 Å². The van der Waals surface area contributed by atoms with Crippen molar-refractivity contribution in [2.45, 2.75) is 57.7 Å². The van der Waals surface area contributed by atoms with E-state index in [9.17, 15) is 0 Å². The van der Waals surface area contributed by atoms with Crippen molar-refractivity contribution in [3.8, 4) is 0 Å². The van der Waals surface area contributed by atoms with Gasteiger partial charge in [0.2, 0.25) is 0 Å². The molecule has 1 aliphatic carbocycles. The zero-order valence-electron chi connectivity index (χ0n) is 9.45. The van der Waals surface area contributed by atoms with Gasteiger partial charge in [0.25, 0.3) is 0 Å². The zero-order valence-corrected chi connectivity index (χ0v) is 9.45. The summed E-state index contributed by atoms with van der Waals surface area (Å²) >= 11 is 0. The summed E-state index contributed by atoms with van der Waals surface area (Å²) in [6.45, 7) is 7.92. The quantitative estimate of drug-likeness (QED) is 0.595. The summed E-state index contributed by atoms with van der Waals surface area (Å²) in [5, 5.41) is 0. The molecule has 0 spiro atoms. The van der Waals surface area contributed by atoms with Crippen LogP contribution in [0.1, 0.15) is 40.0 Å². The number of fused-ring (bicyclic) bond motifs is 1. The fourth-order valence-corrected chi connectivity index (χ4v) is 2.52. The minimum Gasteiger partial charge on any atom is -0.350 e. The highest BCUT2D eigenvalue weighted by atomic mass is 16.7. The van der Waals surface area contributed by atoms with Crippen LogP contribution in [0, 0.1) is 0 Å². The number of nitrogens with zero attached hydrogens (tertiary/aromatic N) is 1. The number of hydrogen-bond donors (Lipinski definition) is 0. The Morgan fingerprint density at radius 3 is 2.71 bits per heavy atom. The predicted octanol–water partition coefficient (Wildman–Crippen LogP) is 1.97. The van der Waals surface area contributed by atoms with Crippen molar-refractivity contribution in [2.75, 3.05) is 13.5 Å². The molecular formula is C11H21NO2. The minimum absolute atomic E-state index is 0.182. The first-order valence-electron chi connectivity index (χ1n) is 5.55. The molecule has 14 heavy (non-hydrogen) atoms. The summed E-state index contributed by atoms with van der Waals surface area (Å²) < 4.78 is 11.2. The Kier molecular flexibility index (Phi) is 2.82. The van der Waals surface area contributed by atoms with Gasteiger partial charge in [-0.25, -0.2) is 0 Å². The fourth-order valence-electron chi connectivity index (χ4n) is 2.52. The van der Waals surface area contributed by atoms with Crippen molar-refractivity contribution in [3.63, 3.8) is 0 Å². The first-order chi connectivity index (χ1) is 6.59. The summed E-state index contributed by atoms with van der Waals surface area (Å²) in [5.41, 5.74) is 0.182. The summed E-state index contributed by atoms with van der Waals surface area (Å²) in [6.07, 6.45) is 4.14. The molecule has 0 bridgehead atoms. The van der Waals surface area contributed by atoms with Gasteiger partial charge in [0.05, 0.1) is 6.10 Å². The van der Waals surface area contributed by atoms with Gasteiger partial charge < -0.3 is 9.47 Å². The van der Waals surface area contributed by atoms with Gasteiger partial charge in [0.1, 0.15) is 13.5 Å². The summed E-state index contributed by atoms with van der Waals surface area (Å²) in [4.78, 5) is 2.44. The van der Waals surface area contributed by atoms with Gasteiger partial charge in [0, 0.05) is 11.6 Å². The highest BCUT2D eigenvalue weighted by molar-refractivity contribution is 4.91. The number of hydrogen-bond acceptors (Lipinski definition) is 3. The van der Waals surface area contributed by atoms with Crippen LogP contribution in [0.5, 0.6) is 0 Å². The molecule has 0 radical (unpaired) electrons. The summed E-state index contributed by atoms with van der Waals surface area (Å²) in [7, 11) is 0. The van der Waals surface area contributed by atoms with Crippen LogP contribution in [0.25, 0.3) is 0 Å². The Morgan fingerprint density at radius 2 is 2.00 bits per heavy atom. The third kappa shape index (κ3) is 1.95. The maximum absolute atomic E-state index is 5.69. The van der Waals surface area contributed by atoms with E-state index in [1.165, 1.54) is 19.3 Å². The van der Waals surface area contributed by atoms with Crippen LogP contribution >= 0.6 is 0 Å². The first kappa shape index (κ1) is 10.4. The van der Waals surface area contributed by atoms with Gasteiger partial charge in [-0.05, 0) is 40.0 Å². The average Bonchev–Trinajstić information content (AvgIpc) is 2.42. The van der Waals surface area contributed by atoms with Crippen molar-refractivity contribution in [1.29, 1.82) is 0 Å². The first-order valence-corrected chi connectivity index (χ1v) is 5.55. The van der Waals surface area contributed by atoms with Crippen molar-refractivity contribution >= 4 is 0 Å². The Bertz CT molecular complexity index is 200. The smallest absolute Gasteiger partial charge is 0.148 e. The topological polar surface area (TPSA) is 21.7 Å². The molecule has 0 unspecified atom stereocenters. The van der Waals surface area contributed by atoms with E-state index >= 15 is 0 Å². The van der Waals surface area contributed by atoms with Crippen LogP contribution in [0.15, 0.2) is 0 Å². The van der Waals surface area contributed by atoms with Crippen LogP contribution < -0.4 is 0 Å². The monoisotopic (exact) mass is 199 g/mol. The molecule has 2 fully saturated rings. The van der Waals surface area contributed by atoms with Crippen LogP contribution in [0.2, 0.25) is 0 Å². The second kappa shape index (κ2) is 3.80. The molecule has 0 aromatic heterocycles. The van der Waals surface area contributed by atoms with Crippen LogP contribution in [0.3, 0.4) is 0 Å². The van der Waals surface area contributed by atoms with E-state index in [0.29, 0.717) is 25.7 Å². The summed E-state index contributed by atoms with van der Waals surface area (Å²) in [5.74, 6) is 0. The second-order valence-corrected chi connectivity index (χ2v) is 5.30. The van der Waals surface area contributed by atoms with E-state index in [4.69, 9.17) is 9.47 Å².